The zero-order valence-corrected chi connectivity index (χ0v) is 18.7. The number of nitrogens with zero attached hydrogens (tertiary/aromatic N) is 4. The van der Waals surface area contributed by atoms with Gasteiger partial charge in [-0.15, -0.1) is 0 Å². The normalized spacial score (nSPS) is 21.6. The fraction of sp³-hybridized carbons (Fsp3) is 0.542. The lowest BCUT2D eigenvalue weighted by Gasteiger charge is -2.33. The average molecular weight is 442 g/mol. The Morgan fingerprint density at radius 1 is 1.19 bits per heavy atom. The number of benzene rings is 1. The molecule has 8 heteroatoms. The van der Waals surface area contributed by atoms with Gasteiger partial charge in [-0.2, -0.15) is 0 Å². The van der Waals surface area contributed by atoms with Crippen molar-refractivity contribution in [1.82, 2.24) is 20.2 Å². The number of rotatable bonds is 9. The van der Waals surface area contributed by atoms with Crippen molar-refractivity contribution in [2.45, 2.75) is 37.6 Å². The highest BCUT2D eigenvalue weighted by Gasteiger charge is 2.26. The van der Waals surface area contributed by atoms with E-state index in [1.54, 1.807) is 6.07 Å². The maximum absolute atomic E-state index is 13.5. The molecule has 1 aromatic heterocycles. The highest BCUT2D eigenvalue weighted by atomic mass is 19.1. The summed E-state index contributed by atoms with van der Waals surface area (Å²) in [5.41, 5.74) is 2.28. The lowest BCUT2D eigenvalue weighted by atomic mass is 10.0. The summed E-state index contributed by atoms with van der Waals surface area (Å²) in [6.45, 7) is 4.79. The first-order valence-corrected chi connectivity index (χ1v) is 11.4. The van der Waals surface area contributed by atoms with E-state index in [1.807, 2.05) is 18.5 Å². The van der Waals surface area contributed by atoms with E-state index < -0.39 is 0 Å². The second-order valence-electron chi connectivity index (χ2n) is 8.65. The van der Waals surface area contributed by atoms with Crippen LogP contribution in [0.2, 0.25) is 0 Å². The summed E-state index contributed by atoms with van der Waals surface area (Å²) in [5, 5.41) is 3.65. The molecule has 0 unspecified atom stereocenters. The van der Waals surface area contributed by atoms with E-state index in [1.165, 1.54) is 18.7 Å². The monoisotopic (exact) mass is 441 g/mol. The first kappa shape index (κ1) is 22.6. The van der Waals surface area contributed by atoms with Crippen molar-refractivity contribution < 1.29 is 13.9 Å². The number of aldehydes is 1. The number of anilines is 1. The Hall–Kier alpha value is -2.58. The van der Waals surface area contributed by atoms with Gasteiger partial charge in [-0.1, -0.05) is 6.07 Å². The summed E-state index contributed by atoms with van der Waals surface area (Å²) in [5.74, 6) is 1.24. The quantitative estimate of drug-likeness (QED) is 0.599. The van der Waals surface area contributed by atoms with Crippen LogP contribution in [0.25, 0.3) is 0 Å². The van der Waals surface area contributed by atoms with Crippen molar-refractivity contribution in [2.75, 3.05) is 51.3 Å². The molecule has 0 radical (unpaired) electrons. The minimum atomic E-state index is -0.323. The first-order chi connectivity index (χ1) is 15.7. The van der Waals surface area contributed by atoms with Crippen molar-refractivity contribution in [2.24, 2.45) is 0 Å². The summed E-state index contributed by atoms with van der Waals surface area (Å²) >= 11 is 0. The Kier molecular flexibility index (Phi) is 7.65. The van der Waals surface area contributed by atoms with Gasteiger partial charge < -0.3 is 19.7 Å². The van der Waals surface area contributed by atoms with Crippen LogP contribution in [0.15, 0.2) is 30.6 Å². The molecule has 0 spiro atoms. The predicted octanol–water partition coefficient (Wildman–Crippen LogP) is 2.41. The van der Waals surface area contributed by atoms with Crippen molar-refractivity contribution in [3.05, 3.63) is 47.5 Å². The number of piperazine rings is 1. The molecule has 1 aliphatic heterocycles. The average Bonchev–Trinajstić information content (AvgIpc) is 3.30. The Bertz CT molecular complexity index is 886. The van der Waals surface area contributed by atoms with Crippen LogP contribution in [0.1, 0.15) is 36.3 Å². The molecule has 2 heterocycles. The van der Waals surface area contributed by atoms with Gasteiger partial charge in [0, 0.05) is 44.6 Å². The SMILES string of the molecule is COc1cc(CCN[C@H]2CC[C@@H](c3cnc(N4CCN(CC=O)CC4)nc3)C2)ccc1F. The van der Waals surface area contributed by atoms with Crippen LogP contribution in [-0.2, 0) is 11.2 Å². The zero-order chi connectivity index (χ0) is 22.3. The molecule has 2 aliphatic rings. The first-order valence-electron chi connectivity index (χ1n) is 11.4. The Labute approximate surface area is 189 Å². The molecule has 2 atom stereocenters. The number of carbonyl (C=O) groups is 1. The van der Waals surface area contributed by atoms with Gasteiger partial charge in [0.1, 0.15) is 6.29 Å². The number of nitrogens with one attached hydrogen (secondary N) is 1. The van der Waals surface area contributed by atoms with Gasteiger partial charge in [-0.05, 0) is 61.4 Å². The van der Waals surface area contributed by atoms with Crippen molar-refractivity contribution in [1.29, 1.82) is 0 Å². The van der Waals surface area contributed by atoms with Crippen LogP contribution < -0.4 is 15.0 Å². The summed E-state index contributed by atoms with van der Waals surface area (Å²) < 4.78 is 18.6. The molecular weight excluding hydrogens is 409 g/mol. The molecule has 2 fully saturated rings. The second kappa shape index (κ2) is 10.8. The van der Waals surface area contributed by atoms with Gasteiger partial charge in [-0.25, -0.2) is 14.4 Å². The third kappa shape index (κ3) is 5.61. The second-order valence-corrected chi connectivity index (χ2v) is 8.65. The number of ether oxygens (including phenoxy) is 1. The summed E-state index contributed by atoms with van der Waals surface area (Å²) in [4.78, 5) is 24.3. The molecule has 1 aromatic carbocycles. The highest BCUT2D eigenvalue weighted by Crippen LogP contribution is 2.34. The van der Waals surface area contributed by atoms with E-state index in [2.05, 4.69) is 25.1 Å². The van der Waals surface area contributed by atoms with Crippen LogP contribution in [0.3, 0.4) is 0 Å². The van der Waals surface area contributed by atoms with Crippen LogP contribution in [0, 0.1) is 5.82 Å². The number of carbonyl (C=O) groups excluding carboxylic acids is 1. The number of hydrogen-bond acceptors (Lipinski definition) is 7. The van der Waals surface area contributed by atoms with E-state index in [4.69, 9.17) is 4.74 Å². The summed E-state index contributed by atoms with van der Waals surface area (Å²) in [7, 11) is 1.49. The Morgan fingerprint density at radius 2 is 1.97 bits per heavy atom. The molecule has 32 heavy (non-hydrogen) atoms. The lowest BCUT2D eigenvalue weighted by molar-refractivity contribution is -0.108. The van der Waals surface area contributed by atoms with Gasteiger partial charge in [0.15, 0.2) is 11.6 Å². The van der Waals surface area contributed by atoms with Crippen LogP contribution in [0.5, 0.6) is 5.75 Å². The number of methoxy groups -OCH3 is 1. The molecular formula is C24H32FN5O2. The molecule has 7 nitrogen and oxygen atoms in total. The van der Waals surface area contributed by atoms with Crippen molar-refractivity contribution in [3.8, 4) is 5.75 Å². The Morgan fingerprint density at radius 3 is 2.69 bits per heavy atom. The zero-order valence-electron chi connectivity index (χ0n) is 18.7. The number of halogens is 1. The van der Waals surface area contributed by atoms with Crippen molar-refractivity contribution >= 4 is 12.2 Å². The van der Waals surface area contributed by atoms with Gasteiger partial charge in [0.2, 0.25) is 5.95 Å². The fourth-order valence-corrected chi connectivity index (χ4v) is 4.69. The smallest absolute Gasteiger partial charge is 0.225 e. The van der Waals surface area contributed by atoms with Gasteiger partial charge >= 0.3 is 0 Å². The highest BCUT2D eigenvalue weighted by molar-refractivity contribution is 5.52. The summed E-state index contributed by atoms with van der Waals surface area (Å²) in [6.07, 6.45) is 9.13. The summed E-state index contributed by atoms with van der Waals surface area (Å²) in [6, 6.07) is 5.54. The standard InChI is InChI=1S/C24H32FN5O2/c1-32-23-14-18(2-5-22(23)25)6-7-26-21-4-3-19(15-21)20-16-27-24(28-17-20)30-10-8-29(9-11-30)12-13-31/h2,5,13-14,16-17,19,21,26H,3-4,6-12,15H2,1H3/t19-,21+/m1/s1. The van der Waals surface area contributed by atoms with Gasteiger partial charge in [0.05, 0.1) is 13.7 Å². The molecule has 2 aromatic rings. The van der Waals surface area contributed by atoms with E-state index in [0.29, 0.717) is 24.3 Å². The molecule has 1 aliphatic carbocycles. The minimum Gasteiger partial charge on any atom is -0.494 e. The molecule has 172 valence electrons. The molecule has 4 rings (SSSR count). The van der Waals surface area contributed by atoms with Crippen molar-refractivity contribution in [3.63, 3.8) is 0 Å². The van der Waals surface area contributed by atoms with Gasteiger partial charge in [0.25, 0.3) is 0 Å². The molecule has 1 saturated carbocycles. The maximum Gasteiger partial charge on any atom is 0.225 e. The Balaban J connectivity index is 1.22. The predicted molar refractivity (Wildman–Crippen MR) is 122 cm³/mol. The molecule has 1 N–H and O–H groups in total. The van der Waals surface area contributed by atoms with E-state index >= 15 is 0 Å². The van der Waals surface area contributed by atoms with E-state index in [0.717, 1.165) is 76.2 Å². The van der Waals surface area contributed by atoms with E-state index in [-0.39, 0.29) is 5.82 Å². The van der Waals surface area contributed by atoms with Crippen LogP contribution in [-0.4, -0.2) is 73.6 Å². The fourth-order valence-electron chi connectivity index (χ4n) is 4.69. The van der Waals surface area contributed by atoms with Crippen LogP contribution in [0.4, 0.5) is 10.3 Å². The number of aromatic nitrogens is 2. The minimum absolute atomic E-state index is 0.301. The molecule has 0 bridgehead atoms. The molecule has 0 amide bonds. The van der Waals surface area contributed by atoms with E-state index in [9.17, 15) is 9.18 Å². The third-order valence-electron chi connectivity index (χ3n) is 6.61. The number of hydrogen-bond donors (Lipinski definition) is 1. The maximum atomic E-state index is 13.5. The van der Waals surface area contributed by atoms with Gasteiger partial charge in [-0.3, -0.25) is 4.90 Å². The largest absolute Gasteiger partial charge is 0.494 e. The topological polar surface area (TPSA) is 70.6 Å². The van der Waals surface area contributed by atoms with Crippen LogP contribution >= 0.6 is 0 Å². The molecule has 1 saturated heterocycles. The lowest BCUT2D eigenvalue weighted by Crippen LogP contribution is -2.47. The third-order valence-corrected chi connectivity index (χ3v) is 6.61.